The van der Waals surface area contributed by atoms with E-state index in [1.807, 2.05) is 0 Å². The molecule has 44 valence electrons. The van der Waals surface area contributed by atoms with Gasteiger partial charge in [0.2, 0.25) is 0 Å². The van der Waals surface area contributed by atoms with Gasteiger partial charge in [0.05, 0.1) is 5.75 Å². The predicted molar refractivity (Wildman–Crippen MR) is 36.7 cm³/mol. The average Bonchev–Trinajstić information content (AvgIpc) is 2.19. The van der Waals surface area contributed by atoms with Crippen molar-refractivity contribution >= 4 is 22.5 Å². The van der Waals surface area contributed by atoms with E-state index in [2.05, 4.69) is 26.8 Å². The summed E-state index contributed by atoms with van der Waals surface area (Å²) in [4.78, 5) is 3.87. The Balaban J connectivity index is 2.50. The number of H-pyrrole nitrogens is 1. The first-order valence-corrected chi connectivity index (χ1v) is 4.08. The summed E-state index contributed by atoms with van der Waals surface area (Å²) < 4.78 is 0. The van der Waals surface area contributed by atoms with Crippen molar-refractivity contribution < 1.29 is 0 Å². The van der Waals surface area contributed by atoms with Crippen molar-refractivity contribution in [3.8, 4) is 0 Å². The molecule has 1 aromatic heterocycles. The summed E-state index contributed by atoms with van der Waals surface area (Å²) in [6, 6.07) is 0. The van der Waals surface area contributed by atoms with Gasteiger partial charge in [0.25, 0.3) is 0 Å². The van der Waals surface area contributed by atoms with Gasteiger partial charge in [-0.25, -0.2) is 4.98 Å². The highest BCUT2D eigenvalue weighted by molar-refractivity contribution is 8.68. The van der Waals surface area contributed by atoms with Crippen molar-refractivity contribution in [2.75, 3.05) is 0 Å². The Morgan fingerprint density at radius 1 is 1.88 bits per heavy atom. The topological polar surface area (TPSA) is 41.6 Å². The molecule has 0 amide bonds. The van der Waals surface area contributed by atoms with Crippen molar-refractivity contribution in [3.63, 3.8) is 0 Å². The summed E-state index contributed by atoms with van der Waals surface area (Å²) in [7, 11) is 1.42. The second-order valence-electron chi connectivity index (χ2n) is 1.21. The summed E-state index contributed by atoms with van der Waals surface area (Å²) in [5.74, 6) is 1.65. The van der Waals surface area contributed by atoms with Gasteiger partial charge in [-0.05, 0) is 0 Å². The largest absolute Gasteiger partial charge is 0.263 e. The van der Waals surface area contributed by atoms with Crippen molar-refractivity contribution in [2.45, 2.75) is 5.75 Å². The molecule has 0 spiro atoms. The van der Waals surface area contributed by atoms with Crippen LogP contribution in [0.1, 0.15) is 5.82 Å². The number of aromatic nitrogens is 3. The minimum Gasteiger partial charge on any atom is -0.263 e. The molecule has 8 heavy (non-hydrogen) atoms. The van der Waals surface area contributed by atoms with E-state index in [4.69, 9.17) is 0 Å². The molecule has 0 aliphatic rings. The molecule has 0 bridgehead atoms. The molecule has 5 heteroatoms. The van der Waals surface area contributed by atoms with Crippen LogP contribution in [0.25, 0.3) is 0 Å². The van der Waals surface area contributed by atoms with Crippen LogP contribution in [0.15, 0.2) is 6.33 Å². The third kappa shape index (κ3) is 1.41. The van der Waals surface area contributed by atoms with Gasteiger partial charge in [0, 0.05) is 0 Å². The molecule has 3 nitrogen and oxygen atoms in total. The van der Waals surface area contributed by atoms with Crippen molar-refractivity contribution in [3.05, 3.63) is 12.2 Å². The van der Waals surface area contributed by atoms with Gasteiger partial charge in [-0.2, -0.15) is 5.10 Å². The van der Waals surface area contributed by atoms with Crippen LogP contribution in [0.3, 0.4) is 0 Å². The van der Waals surface area contributed by atoms with Crippen LogP contribution in [0.5, 0.6) is 0 Å². The maximum Gasteiger partial charge on any atom is 0.137 e. The van der Waals surface area contributed by atoms with E-state index in [1.165, 1.54) is 17.1 Å². The third-order valence-electron chi connectivity index (χ3n) is 0.666. The minimum atomic E-state index is 0.781. The molecule has 0 aromatic carbocycles. The Hall–Kier alpha value is -0.160. The zero-order chi connectivity index (χ0) is 5.82. The fourth-order valence-corrected chi connectivity index (χ4v) is 0.990. The van der Waals surface area contributed by atoms with Crippen LogP contribution >= 0.6 is 22.5 Å². The van der Waals surface area contributed by atoms with E-state index in [0.29, 0.717) is 0 Å². The van der Waals surface area contributed by atoms with Crippen LogP contribution in [0.4, 0.5) is 0 Å². The lowest BCUT2D eigenvalue weighted by molar-refractivity contribution is 1.03. The molecular weight excluding hydrogens is 142 g/mol. The van der Waals surface area contributed by atoms with Crippen LogP contribution in [-0.2, 0) is 5.75 Å². The Morgan fingerprint density at radius 2 is 2.75 bits per heavy atom. The van der Waals surface area contributed by atoms with Crippen LogP contribution < -0.4 is 0 Å². The smallest absolute Gasteiger partial charge is 0.137 e. The molecule has 0 radical (unpaired) electrons. The average molecular weight is 147 g/mol. The number of rotatable bonds is 2. The zero-order valence-corrected chi connectivity index (χ0v) is 5.75. The quantitative estimate of drug-likeness (QED) is 0.482. The summed E-state index contributed by atoms with van der Waals surface area (Å²) in [6.45, 7) is 0. The standard InChI is InChI=1S/C3H5N3S2/c7-8-1-3-4-2-5-6-3/h2,7H,1H2,(H,4,5,6). The normalized spacial score (nSPS) is 9.62. The van der Waals surface area contributed by atoms with Gasteiger partial charge in [0.1, 0.15) is 12.2 Å². The fourth-order valence-electron chi connectivity index (χ4n) is 0.361. The Bertz CT molecular complexity index is 138. The van der Waals surface area contributed by atoms with Crippen molar-refractivity contribution in [1.29, 1.82) is 0 Å². The first kappa shape index (κ1) is 5.97. The lowest BCUT2D eigenvalue weighted by Crippen LogP contribution is -1.79. The summed E-state index contributed by atoms with van der Waals surface area (Å²) >= 11 is 3.94. The minimum absolute atomic E-state index is 0.781. The highest BCUT2D eigenvalue weighted by Gasteiger charge is 1.89. The van der Waals surface area contributed by atoms with Gasteiger partial charge in [-0.1, -0.05) is 10.8 Å². The van der Waals surface area contributed by atoms with Crippen LogP contribution in [0.2, 0.25) is 0 Å². The second kappa shape index (κ2) is 2.99. The summed E-state index contributed by atoms with van der Waals surface area (Å²) in [5.41, 5.74) is 0. The van der Waals surface area contributed by atoms with E-state index in [-0.39, 0.29) is 0 Å². The van der Waals surface area contributed by atoms with Crippen LogP contribution in [-0.4, -0.2) is 15.2 Å². The molecule has 0 aliphatic heterocycles. The Labute approximate surface area is 56.1 Å². The second-order valence-corrected chi connectivity index (χ2v) is 2.53. The Kier molecular flexibility index (Phi) is 2.23. The van der Waals surface area contributed by atoms with E-state index in [9.17, 15) is 0 Å². The monoisotopic (exact) mass is 147 g/mol. The zero-order valence-electron chi connectivity index (χ0n) is 4.03. The number of hydrogen-bond acceptors (Lipinski definition) is 4. The van der Waals surface area contributed by atoms with Crippen molar-refractivity contribution in [1.82, 2.24) is 15.2 Å². The molecule has 1 rings (SSSR count). The molecule has 1 aromatic rings. The van der Waals surface area contributed by atoms with Gasteiger partial charge < -0.3 is 0 Å². The Morgan fingerprint density at radius 3 is 3.25 bits per heavy atom. The molecular formula is C3H5N3S2. The van der Waals surface area contributed by atoms with Crippen LogP contribution in [0, 0.1) is 0 Å². The number of nitrogens with zero attached hydrogens (tertiary/aromatic N) is 2. The van der Waals surface area contributed by atoms with E-state index < -0.39 is 0 Å². The third-order valence-corrected chi connectivity index (χ3v) is 1.46. The first-order chi connectivity index (χ1) is 3.93. The predicted octanol–water partition coefficient (Wildman–Crippen LogP) is 0.883. The lowest BCUT2D eigenvalue weighted by Gasteiger charge is -1.83. The van der Waals surface area contributed by atoms with Gasteiger partial charge in [0.15, 0.2) is 0 Å². The van der Waals surface area contributed by atoms with Gasteiger partial charge >= 0.3 is 0 Å². The number of nitrogens with one attached hydrogen (secondary N) is 1. The lowest BCUT2D eigenvalue weighted by atomic mass is 10.7. The number of hydrogen-bond donors (Lipinski definition) is 2. The molecule has 0 atom stereocenters. The molecule has 0 unspecified atom stereocenters. The summed E-state index contributed by atoms with van der Waals surface area (Å²) in [5, 5.41) is 6.36. The number of aromatic amines is 1. The molecule has 1 N–H and O–H groups in total. The van der Waals surface area contributed by atoms with Crippen molar-refractivity contribution in [2.24, 2.45) is 0 Å². The summed E-state index contributed by atoms with van der Waals surface area (Å²) in [6.07, 6.45) is 1.49. The van der Waals surface area contributed by atoms with E-state index in [1.54, 1.807) is 0 Å². The van der Waals surface area contributed by atoms with Gasteiger partial charge in [-0.15, -0.1) is 11.7 Å². The van der Waals surface area contributed by atoms with E-state index >= 15 is 0 Å². The molecule has 0 fully saturated rings. The highest BCUT2D eigenvalue weighted by atomic mass is 33.1. The SMILES string of the molecule is SSCc1ncn[nH]1. The molecule has 0 saturated heterocycles. The fraction of sp³-hybridized carbons (Fsp3) is 0.333. The van der Waals surface area contributed by atoms with E-state index in [0.717, 1.165) is 11.6 Å². The van der Waals surface area contributed by atoms with Gasteiger partial charge in [-0.3, -0.25) is 5.10 Å². The highest BCUT2D eigenvalue weighted by Crippen LogP contribution is 2.09. The number of thiol groups is 1. The first-order valence-electron chi connectivity index (χ1n) is 2.04. The molecule has 0 aliphatic carbocycles. The molecule has 0 saturated carbocycles. The maximum atomic E-state index is 3.94. The maximum absolute atomic E-state index is 3.94. The molecule has 1 heterocycles.